The molecule has 1 N–H and O–H groups in total. The van der Waals surface area contributed by atoms with Crippen LogP contribution in [0.4, 0.5) is 0 Å². The first kappa shape index (κ1) is 11.3. The lowest BCUT2D eigenvalue weighted by Crippen LogP contribution is -1.79. The van der Waals surface area contributed by atoms with Gasteiger partial charge in [0.1, 0.15) is 5.15 Å². The Morgan fingerprint density at radius 3 is 2.65 bits per heavy atom. The van der Waals surface area contributed by atoms with Gasteiger partial charge in [0.25, 0.3) is 0 Å². The maximum atomic E-state index is 6.04. The highest BCUT2D eigenvalue weighted by molar-refractivity contribution is 7.14. The van der Waals surface area contributed by atoms with Crippen LogP contribution in [0, 0.1) is 0 Å². The molecule has 3 heterocycles. The number of rotatable bonds is 1. The lowest BCUT2D eigenvalue weighted by Gasteiger charge is -1.92. The zero-order valence-electron chi connectivity index (χ0n) is 8.17. The highest BCUT2D eigenvalue weighted by Crippen LogP contribution is 2.33. The second-order valence-electron chi connectivity index (χ2n) is 3.32. The van der Waals surface area contributed by atoms with Crippen LogP contribution in [0.1, 0.15) is 0 Å². The molecule has 0 atom stereocenters. The Hall–Kier alpha value is -0.810. The largest absolute Gasteiger partial charge is 0.336 e. The molecule has 0 aliphatic rings. The van der Waals surface area contributed by atoms with Gasteiger partial charge in [-0.2, -0.15) is 0 Å². The fourth-order valence-corrected chi connectivity index (χ4v) is 2.84. The van der Waals surface area contributed by atoms with Crippen LogP contribution in [-0.2, 0) is 0 Å². The van der Waals surface area contributed by atoms with Gasteiger partial charge in [-0.3, -0.25) is 0 Å². The second-order valence-corrected chi connectivity index (χ2v) is 5.40. The summed E-state index contributed by atoms with van der Waals surface area (Å²) in [6.07, 6.45) is 0. The summed E-state index contributed by atoms with van der Waals surface area (Å²) >= 11 is 19.3. The minimum atomic E-state index is 0.245. The fraction of sp³-hybridized carbons (Fsp3) is 0. The lowest BCUT2D eigenvalue weighted by molar-refractivity contribution is 1.31. The number of aromatic nitrogens is 3. The number of nitrogens with one attached hydrogen (secondary N) is 1. The summed E-state index contributed by atoms with van der Waals surface area (Å²) in [5.74, 6) is 0.672. The predicted molar refractivity (Wildman–Crippen MR) is 72.2 cm³/mol. The van der Waals surface area contributed by atoms with E-state index >= 15 is 0 Å². The van der Waals surface area contributed by atoms with E-state index in [-0.39, 0.29) is 5.15 Å². The van der Waals surface area contributed by atoms with E-state index in [1.807, 2.05) is 11.4 Å². The molecule has 0 aromatic carbocycles. The fourth-order valence-electron chi connectivity index (χ4n) is 1.47. The molecule has 0 saturated heterocycles. The van der Waals surface area contributed by atoms with Crippen LogP contribution in [0.25, 0.3) is 21.9 Å². The molecule has 3 aromatic heterocycles. The number of imidazole rings is 1. The van der Waals surface area contributed by atoms with E-state index in [0.717, 1.165) is 10.4 Å². The monoisotopic (exact) mass is 303 g/mol. The number of hydrogen-bond acceptors (Lipinski definition) is 3. The standard InChI is InChI=1S/C10H4Cl3N3S/c11-4-1-2-17-7(4)10-14-6-3-5(12)8(13)15-9(6)16-10/h1-3H,(H,14,15,16). The first-order valence-electron chi connectivity index (χ1n) is 4.60. The Balaban J connectivity index is 2.24. The van der Waals surface area contributed by atoms with Gasteiger partial charge in [-0.15, -0.1) is 11.3 Å². The van der Waals surface area contributed by atoms with Crippen molar-refractivity contribution >= 4 is 57.3 Å². The highest BCUT2D eigenvalue weighted by atomic mass is 35.5. The average molecular weight is 305 g/mol. The van der Waals surface area contributed by atoms with E-state index in [1.54, 1.807) is 6.07 Å². The summed E-state index contributed by atoms with van der Waals surface area (Å²) in [6.45, 7) is 0. The molecule has 7 heteroatoms. The molecule has 3 nitrogen and oxygen atoms in total. The number of pyridine rings is 1. The molecule has 0 amide bonds. The summed E-state index contributed by atoms with van der Waals surface area (Å²) in [5.41, 5.74) is 1.26. The molecular weight excluding hydrogens is 301 g/mol. The van der Waals surface area contributed by atoms with Gasteiger partial charge in [-0.1, -0.05) is 34.8 Å². The predicted octanol–water partition coefficient (Wildman–Crippen LogP) is 4.65. The van der Waals surface area contributed by atoms with E-state index in [4.69, 9.17) is 34.8 Å². The van der Waals surface area contributed by atoms with Crippen molar-refractivity contribution in [2.75, 3.05) is 0 Å². The zero-order chi connectivity index (χ0) is 12.0. The van der Waals surface area contributed by atoms with Gasteiger partial charge in [-0.05, 0) is 17.5 Å². The Kier molecular flexibility index (Phi) is 2.75. The number of hydrogen-bond donors (Lipinski definition) is 1. The van der Waals surface area contributed by atoms with Crippen LogP contribution < -0.4 is 0 Å². The smallest absolute Gasteiger partial charge is 0.179 e. The van der Waals surface area contributed by atoms with E-state index in [1.165, 1.54) is 11.3 Å². The quantitative estimate of drug-likeness (QED) is 0.665. The van der Waals surface area contributed by atoms with Crippen LogP contribution in [0.15, 0.2) is 17.5 Å². The normalized spacial score (nSPS) is 11.2. The number of thiophene rings is 1. The number of fused-ring (bicyclic) bond motifs is 1. The molecule has 0 unspecified atom stereocenters. The molecular formula is C10H4Cl3N3S. The van der Waals surface area contributed by atoms with Gasteiger partial charge >= 0.3 is 0 Å². The summed E-state index contributed by atoms with van der Waals surface area (Å²) in [4.78, 5) is 12.4. The maximum Gasteiger partial charge on any atom is 0.179 e. The zero-order valence-corrected chi connectivity index (χ0v) is 11.3. The minimum Gasteiger partial charge on any atom is -0.336 e. The molecule has 0 aliphatic carbocycles. The molecule has 0 fully saturated rings. The SMILES string of the molecule is Clc1cc2[nH]c(-c3sccc3Cl)nc2nc1Cl. The van der Waals surface area contributed by atoms with Gasteiger partial charge in [0.15, 0.2) is 11.5 Å². The van der Waals surface area contributed by atoms with Crippen LogP contribution in [0.5, 0.6) is 0 Å². The van der Waals surface area contributed by atoms with Crippen molar-refractivity contribution in [3.63, 3.8) is 0 Å². The van der Waals surface area contributed by atoms with Crippen LogP contribution in [0.3, 0.4) is 0 Å². The molecule has 3 rings (SSSR count). The van der Waals surface area contributed by atoms with Crippen molar-refractivity contribution in [3.05, 3.63) is 32.7 Å². The summed E-state index contributed by atoms with van der Waals surface area (Å²) in [7, 11) is 0. The number of halogens is 3. The molecule has 0 aliphatic heterocycles. The Morgan fingerprint density at radius 1 is 1.12 bits per heavy atom. The summed E-state index contributed by atoms with van der Waals surface area (Å²) in [6, 6.07) is 3.52. The minimum absolute atomic E-state index is 0.245. The summed E-state index contributed by atoms with van der Waals surface area (Å²) < 4.78 is 0. The van der Waals surface area contributed by atoms with E-state index in [0.29, 0.717) is 21.5 Å². The van der Waals surface area contributed by atoms with Gasteiger partial charge in [0, 0.05) is 0 Å². The molecule has 0 radical (unpaired) electrons. The van der Waals surface area contributed by atoms with Crippen molar-refractivity contribution in [1.82, 2.24) is 15.0 Å². The number of H-pyrrole nitrogens is 1. The van der Waals surface area contributed by atoms with Crippen LogP contribution in [0.2, 0.25) is 15.2 Å². The third-order valence-electron chi connectivity index (χ3n) is 2.22. The Labute approximate surface area is 115 Å². The summed E-state index contributed by atoms with van der Waals surface area (Å²) in [5, 5.41) is 3.20. The molecule has 0 saturated carbocycles. The van der Waals surface area contributed by atoms with Crippen molar-refractivity contribution in [2.24, 2.45) is 0 Å². The van der Waals surface area contributed by atoms with Crippen molar-refractivity contribution in [3.8, 4) is 10.7 Å². The maximum absolute atomic E-state index is 6.04. The molecule has 86 valence electrons. The van der Waals surface area contributed by atoms with Gasteiger partial charge in [0.2, 0.25) is 0 Å². The molecule has 0 spiro atoms. The lowest BCUT2D eigenvalue weighted by atomic mass is 10.4. The Morgan fingerprint density at radius 2 is 1.94 bits per heavy atom. The van der Waals surface area contributed by atoms with Crippen LogP contribution >= 0.6 is 46.1 Å². The topological polar surface area (TPSA) is 41.6 Å². The first-order valence-corrected chi connectivity index (χ1v) is 6.61. The molecule has 0 bridgehead atoms. The van der Waals surface area contributed by atoms with Gasteiger partial charge < -0.3 is 4.98 Å². The van der Waals surface area contributed by atoms with Crippen LogP contribution in [-0.4, -0.2) is 15.0 Å². The van der Waals surface area contributed by atoms with E-state index in [2.05, 4.69) is 15.0 Å². The number of nitrogens with zero attached hydrogens (tertiary/aromatic N) is 2. The molecule has 3 aromatic rings. The van der Waals surface area contributed by atoms with E-state index in [9.17, 15) is 0 Å². The van der Waals surface area contributed by atoms with Gasteiger partial charge in [-0.25, -0.2) is 9.97 Å². The average Bonchev–Trinajstić information content (AvgIpc) is 2.85. The second kappa shape index (κ2) is 4.14. The Bertz CT molecular complexity index is 665. The third kappa shape index (κ3) is 1.91. The van der Waals surface area contributed by atoms with Crippen molar-refractivity contribution in [2.45, 2.75) is 0 Å². The molecule has 17 heavy (non-hydrogen) atoms. The van der Waals surface area contributed by atoms with Crippen molar-refractivity contribution < 1.29 is 0 Å². The number of aromatic amines is 1. The first-order chi connectivity index (χ1) is 8.15. The third-order valence-corrected chi connectivity index (χ3v) is 4.24. The van der Waals surface area contributed by atoms with Crippen molar-refractivity contribution in [1.29, 1.82) is 0 Å². The van der Waals surface area contributed by atoms with E-state index < -0.39 is 0 Å². The van der Waals surface area contributed by atoms with Gasteiger partial charge in [0.05, 0.1) is 20.4 Å². The highest BCUT2D eigenvalue weighted by Gasteiger charge is 2.12.